The van der Waals surface area contributed by atoms with E-state index in [1.807, 2.05) is 24.5 Å². The standard InChI is InChI=1S/C12H14N4O2S/c1-9-13-14-12(19-2)16(9)15-11(17)8-18-10-6-4-3-5-7-10/h3-7H,8H2,1-2H3,(H,15,17). The van der Waals surface area contributed by atoms with Crippen LogP contribution in [0.1, 0.15) is 5.82 Å². The average Bonchev–Trinajstić information content (AvgIpc) is 2.78. The zero-order valence-corrected chi connectivity index (χ0v) is 11.5. The third kappa shape index (κ3) is 3.47. The molecule has 1 aromatic heterocycles. The molecule has 0 unspecified atom stereocenters. The molecule has 0 atom stereocenters. The summed E-state index contributed by atoms with van der Waals surface area (Å²) >= 11 is 1.41. The van der Waals surface area contributed by atoms with Crippen LogP contribution in [0.15, 0.2) is 35.5 Å². The number of rotatable bonds is 5. The van der Waals surface area contributed by atoms with Gasteiger partial charge in [0.25, 0.3) is 5.91 Å². The maximum Gasteiger partial charge on any atom is 0.276 e. The molecule has 0 spiro atoms. The number of ether oxygens (including phenoxy) is 1. The Labute approximate surface area is 115 Å². The van der Waals surface area contributed by atoms with Gasteiger partial charge in [0.2, 0.25) is 5.16 Å². The first-order valence-electron chi connectivity index (χ1n) is 5.64. The Morgan fingerprint density at radius 2 is 2.11 bits per heavy atom. The topological polar surface area (TPSA) is 69.0 Å². The van der Waals surface area contributed by atoms with E-state index < -0.39 is 0 Å². The van der Waals surface area contributed by atoms with Crippen molar-refractivity contribution in [2.24, 2.45) is 0 Å². The van der Waals surface area contributed by atoms with Gasteiger partial charge < -0.3 is 4.74 Å². The van der Waals surface area contributed by atoms with Crippen LogP contribution in [-0.2, 0) is 4.79 Å². The molecule has 0 aliphatic rings. The van der Waals surface area contributed by atoms with Crippen molar-refractivity contribution in [3.8, 4) is 5.75 Å². The van der Waals surface area contributed by atoms with Gasteiger partial charge in [-0.1, -0.05) is 30.0 Å². The lowest BCUT2D eigenvalue weighted by molar-refractivity contribution is -0.119. The van der Waals surface area contributed by atoms with Crippen LogP contribution >= 0.6 is 11.8 Å². The third-order valence-electron chi connectivity index (χ3n) is 2.33. The Morgan fingerprint density at radius 1 is 1.37 bits per heavy atom. The van der Waals surface area contributed by atoms with E-state index in [2.05, 4.69) is 15.6 Å². The Bertz CT molecular complexity index is 556. The highest BCUT2D eigenvalue weighted by molar-refractivity contribution is 7.98. The molecule has 0 radical (unpaired) electrons. The second-order valence-electron chi connectivity index (χ2n) is 3.71. The van der Waals surface area contributed by atoms with Crippen LogP contribution in [0.3, 0.4) is 0 Å². The van der Waals surface area contributed by atoms with Crippen molar-refractivity contribution in [1.82, 2.24) is 14.9 Å². The van der Waals surface area contributed by atoms with Crippen molar-refractivity contribution >= 4 is 17.7 Å². The number of aromatic nitrogens is 3. The summed E-state index contributed by atoms with van der Waals surface area (Å²) in [5.41, 5.74) is 2.69. The Morgan fingerprint density at radius 3 is 2.79 bits per heavy atom. The molecule has 0 bridgehead atoms. The minimum absolute atomic E-state index is 0.0601. The molecule has 1 aromatic carbocycles. The lowest BCUT2D eigenvalue weighted by Crippen LogP contribution is -2.29. The van der Waals surface area contributed by atoms with Crippen molar-refractivity contribution < 1.29 is 9.53 Å². The molecule has 6 nitrogen and oxygen atoms in total. The van der Waals surface area contributed by atoms with Crippen molar-refractivity contribution in [1.29, 1.82) is 0 Å². The summed E-state index contributed by atoms with van der Waals surface area (Å²) in [6, 6.07) is 9.18. The number of carbonyl (C=O) groups is 1. The summed E-state index contributed by atoms with van der Waals surface area (Å²) in [6.07, 6.45) is 1.87. The van der Waals surface area contributed by atoms with Gasteiger partial charge in [-0.2, -0.15) is 0 Å². The highest BCUT2D eigenvalue weighted by Crippen LogP contribution is 2.11. The zero-order chi connectivity index (χ0) is 13.7. The molecule has 2 rings (SSSR count). The first-order chi connectivity index (χ1) is 9.20. The van der Waals surface area contributed by atoms with Crippen molar-refractivity contribution in [3.05, 3.63) is 36.2 Å². The SMILES string of the molecule is CSc1nnc(C)n1NC(=O)COc1ccccc1. The summed E-state index contributed by atoms with van der Waals surface area (Å²) in [5, 5.41) is 8.45. The molecule has 0 fully saturated rings. The van der Waals surface area contributed by atoms with E-state index in [-0.39, 0.29) is 12.5 Å². The highest BCUT2D eigenvalue weighted by atomic mass is 32.2. The molecule has 1 N–H and O–H groups in total. The van der Waals surface area contributed by atoms with Gasteiger partial charge in [-0.05, 0) is 25.3 Å². The number of thioether (sulfide) groups is 1. The number of benzene rings is 1. The minimum atomic E-state index is -0.262. The molecule has 1 heterocycles. The monoisotopic (exact) mass is 278 g/mol. The number of hydrogen-bond acceptors (Lipinski definition) is 5. The van der Waals surface area contributed by atoms with Gasteiger partial charge >= 0.3 is 0 Å². The molecular formula is C12H14N4O2S. The Hall–Kier alpha value is -2.02. The van der Waals surface area contributed by atoms with Crippen LogP contribution in [-0.4, -0.2) is 33.6 Å². The van der Waals surface area contributed by atoms with E-state index in [4.69, 9.17) is 4.74 Å². The maximum absolute atomic E-state index is 11.8. The van der Waals surface area contributed by atoms with Crippen molar-refractivity contribution in [2.75, 3.05) is 18.3 Å². The number of carbonyl (C=O) groups excluding carboxylic acids is 1. The average molecular weight is 278 g/mol. The van der Waals surface area contributed by atoms with Gasteiger partial charge in [-0.3, -0.25) is 10.2 Å². The summed E-state index contributed by atoms with van der Waals surface area (Å²) in [5.74, 6) is 1.02. The van der Waals surface area contributed by atoms with Gasteiger partial charge in [-0.15, -0.1) is 10.2 Å². The summed E-state index contributed by atoms with van der Waals surface area (Å²) in [6.45, 7) is 1.71. The second-order valence-corrected chi connectivity index (χ2v) is 4.48. The van der Waals surface area contributed by atoms with E-state index in [1.54, 1.807) is 23.7 Å². The first kappa shape index (κ1) is 13.4. The zero-order valence-electron chi connectivity index (χ0n) is 10.7. The smallest absolute Gasteiger partial charge is 0.276 e. The predicted octanol–water partition coefficient (Wildman–Crippen LogP) is 1.46. The number of nitrogens with one attached hydrogen (secondary N) is 1. The van der Waals surface area contributed by atoms with Gasteiger partial charge in [0.05, 0.1) is 0 Å². The van der Waals surface area contributed by atoms with Gasteiger partial charge in [0.15, 0.2) is 6.61 Å². The molecular weight excluding hydrogens is 264 g/mol. The number of para-hydroxylation sites is 1. The lowest BCUT2D eigenvalue weighted by atomic mass is 10.3. The Kier molecular flexibility index (Phi) is 4.40. The summed E-state index contributed by atoms with van der Waals surface area (Å²) in [4.78, 5) is 11.8. The fraction of sp³-hybridized carbons (Fsp3) is 0.250. The number of amides is 1. The number of aryl methyl sites for hydroxylation is 1. The lowest BCUT2D eigenvalue weighted by Gasteiger charge is -2.10. The molecule has 0 aliphatic heterocycles. The van der Waals surface area contributed by atoms with Gasteiger partial charge in [0, 0.05) is 0 Å². The maximum atomic E-state index is 11.8. The quantitative estimate of drug-likeness (QED) is 0.838. The fourth-order valence-corrected chi connectivity index (χ4v) is 1.91. The fourth-order valence-electron chi connectivity index (χ4n) is 1.43. The van der Waals surface area contributed by atoms with Crippen molar-refractivity contribution in [2.45, 2.75) is 12.1 Å². The number of nitrogens with zero attached hydrogens (tertiary/aromatic N) is 3. The largest absolute Gasteiger partial charge is 0.484 e. The first-order valence-corrected chi connectivity index (χ1v) is 6.87. The van der Waals surface area contributed by atoms with Crippen molar-refractivity contribution in [3.63, 3.8) is 0 Å². The molecule has 19 heavy (non-hydrogen) atoms. The van der Waals surface area contributed by atoms with Crippen LogP contribution in [0.2, 0.25) is 0 Å². The van der Waals surface area contributed by atoms with Crippen LogP contribution in [0.5, 0.6) is 5.75 Å². The number of hydrogen-bond donors (Lipinski definition) is 1. The van der Waals surface area contributed by atoms with Crippen LogP contribution in [0, 0.1) is 6.92 Å². The molecule has 0 saturated heterocycles. The normalized spacial score (nSPS) is 10.2. The summed E-state index contributed by atoms with van der Waals surface area (Å²) < 4.78 is 6.90. The van der Waals surface area contributed by atoms with Gasteiger partial charge in [0.1, 0.15) is 11.6 Å². The van der Waals surface area contributed by atoms with E-state index in [9.17, 15) is 4.79 Å². The molecule has 100 valence electrons. The van der Waals surface area contributed by atoms with E-state index in [0.717, 1.165) is 0 Å². The third-order valence-corrected chi connectivity index (χ3v) is 2.96. The van der Waals surface area contributed by atoms with E-state index in [0.29, 0.717) is 16.7 Å². The van der Waals surface area contributed by atoms with Crippen LogP contribution in [0.4, 0.5) is 0 Å². The molecule has 7 heteroatoms. The highest BCUT2D eigenvalue weighted by Gasteiger charge is 2.11. The molecule has 0 saturated carbocycles. The second kappa shape index (κ2) is 6.24. The molecule has 1 amide bonds. The predicted molar refractivity (Wildman–Crippen MR) is 72.8 cm³/mol. The molecule has 0 aliphatic carbocycles. The Balaban J connectivity index is 1.93. The van der Waals surface area contributed by atoms with E-state index >= 15 is 0 Å². The summed E-state index contributed by atoms with van der Waals surface area (Å²) in [7, 11) is 0. The minimum Gasteiger partial charge on any atom is -0.484 e. The molecule has 2 aromatic rings. The van der Waals surface area contributed by atoms with Crippen LogP contribution < -0.4 is 10.2 Å². The van der Waals surface area contributed by atoms with E-state index in [1.165, 1.54) is 11.8 Å². The van der Waals surface area contributed by atoms with Gasteiger partial charge in [-0.25, -0.2) is 4.68 Å². The van der Waals surface area contributed by atoms with Crippen LogP contribution in [0.25, 0.3) is 0 Å².